The van der Waals surface area contributed by atoms with Crippen LogP contribution in [0.15, 0.2) is 5.38 Å². The van der Waals surface area contributed by atoms with Gasteiger partial charge >= 0.3 is 0 Å². The molecule has 0 aliphatic carbocycles. The standard InChI is InChI=1S/C15H19F2N3O4S2/c1-9-6-15(16,17)8-20(9)14(22)11-7-25-13(19-11)12(21)18-10-2-4-26(23,24)5-3-10/h7,9-10H,2-6,8H2,1H3,(H,18,21)/t9-/m0/s1. The van der Waals surface area contributed by atoms with E-state index in [9.17, 15) is 26.8 Å². The van der Waals surface area contributed by atoms with Crippen LogP contribution in [0.3, 0.4) is 0 Å². The third-order valence-corrected chi connectivity index (χ3v) is 7.15. The zero-order valence-corrected chi connectivity index (χ0v) is 15.7. The number of likely N-dealkylation sites (tertiary alicyclic amines) is 1. The smallest absolute Gasteiger partial charge is 0.280 e. The third-order valence-electron chi connectivity index (χ3n) is 4.60. The monoisotopic (exact) mass is 407 g/mol. The summed E-state index contributed by atoms with van der Waals surface area (Å²) in [6.45, 7) is 0.901. The molecular weight excluding hydrogens is 388 g/mol. The molecule has 11 heteroatoms. The fourth-order valence-corrected chi connectivity index (χ4v) is 5.37. The SMILES string of the molecule is C[C@H]1CC(F)(F)CN1C(=O)c1csc(C(=O)NC2CCS(=O)(=O)CC2)n1. The lowest BCUT2D eigenvalue weighted by Gasteiger charge is -2.22. The van der Waals surface area contributed by atoms with Crippen molar-refractivity contribution in [2.24, 2.45) is 0 Å². The van der Waals surface area contributed by atoms with Crippen LogP contribution in [0, 0.1) is 0 Å². The number of carbonyl (C=O) groups is 2. The predicted octanol–water partition coefficient (Wildman–Crippen LogP) is 1.32. The Labute approximate surface area is 153 Å². The molecule has 0 spiro atoms. The Morgan fingerprint density at radius 1 is 1.35 bits per heavy atom. The first-order valence-corrected chi connectivity index (χ1v) is 10.9. The van der Waals surface area contributed by atoms with Crippen molar-refractivity contribution in [1.29, 1.82) is 0 Å². The fourth-order valence-electron chi connectivity index (χ4n) is 3.19. The van der Waals surface area contributed by atoms with Crippen molar-refractivity contribution in [3.8, 4) is 0 Å². The number of carbonyl (C=O) groups excluding carboxylic acids is 2. The highest BCUT2D eigenvalue weighted by atomic mass is 32.2. The Balaban J connectivity index is 1.62. The van der Waals surface area contributed by atoms with Gasteiger partial charge in [-0.3, -0.25) is 9.59 Å². The molecule has 2 amide bonds. The van der Waals surface area contributed by atoms with Crippen molar-refractivity contribution in [1.82, 2.24) is 15.2 Å². The first kappa shape index (κ1) is 19.2. The van der Waals surface area contributed by atoms with Gasteiger partial charge in [0.25, 0.3) is 17.7 Å². The molecule has 0 saturated carbocycles. The van der Waals surface area contributed by atoms with Crippen molar-refractivity contribution >= 4 is 33.0 Å². The number of hydrogen-bond donors (Lipinski definition) is 1. The quantitative estimate of drug-likeness (QED) is 0.815. The Hall–Kier alpha value is -1.62. The van der Waals surface area contributed by atoms with Crippen LogP contribution in [0.5, 0.6) is 0 Å². The highest BCUT2D eigenvalue weighted by molar-refractivity contribution is 7.91. The minimum atomic E-state index is -3.02. The average molecular weight is 407 g/mol. The Bertz CT molecular complexity index is 811. The normalized spacial score (nSPS) is 25.2. The first-order chi connectivity index (χ1) is 12.1. The number of sulfone groups is 1. The fraction of sp³-hybridized carbons (Fsp3) is 0.667. The molecule has 26 heavy (non-hydrogen) atoms. The maximum atomic E-state index is 13.5. The number of halogens is 2. The lowest BCUT2D eigenvalue weighted by molar-refractivity contribution is 0.0117. The zero-order valence-electron chi connectivity index (χ0n) is 14.1. The van der Waals surface area contributed by atoms with Gasteiger partial charge in [0.15, 0.2) is 5.01 Å². The second-order valence-electron chi connectivity index (χ2n) is 6.78. The van der Waals surface area contributed by atoms with Gasteiger partial charge in [0.2, 0.25) is 0 Å². The van der Waals surface area contributed by atoms with E-state index in [1.807, 2.05) is 0 Å². The molecule has 2 saturated heterocycles. The van der Waals surface area contributed by atoms with E-state index in [2.05, 4.69) is 10.3 Å². The van der Waals surface area contributed by atoms with Crippen LogP contribution in [0.4, 0.5) is 8.78 Å². The van der Waals surface area contributed by atoms with E-state index in [0.29, 0.717) is 12.8 Å². The Morgan fingerprint density at radius 2 is 2.00 bits per heavy atom. The first-order valence-electron chi connectivity index (χ1n) is 8.22. The number of hydrogen-bond acceptors (Lipinski definition) is 6. The maximum Gasteiger partial charge on any atom is 0.280 e. The minimum Gasteiger partial charge on any atom is -0.347 e. The highest BCUT2D eigenvalue weighted by Crippen LogP contribution is 2.32. The summed E-state index contributed by atoms with van der Waals surface area (Å²) in [5.41, 5.74) is -0.0316. The summed E-state index contributed by atoms with van der Waals surface area (Å²) in [4.78, 5) is 29.7. The van der Waals surface area contributed by atoms with Crippen molar-refractivity contribution in [2.45, 2.75) is 44.2 Å². The summed E-state index contributed by atoms with van der Waals surface area (Å²) in [6.07, 6.45) is 0.290. The summed E-state index contributed by atoms with van der Waals surface area (Å²) >= 11 is 0.958. The van der Waals surface area contributed by atoms with E-state index >= 15 is 0 Å². The van der Waals surface area contributed by atoms with Gasteiger partial charge in [-0.25, -0.2) is 22.2 Å². The average Bonchev–Trinajstić information content (AvgIpc) is 3.13. The maximum absolute atomic E-state index is 13.5. The Morgan fingerprint density at radius 3 is 2.58 bits per heavy atom. The molecule has 2 fully saturated rings. The van der Waals surface area contributed by atoms with Gasteiger partial charge in [0.1, 0.15) is 15.5 Å². The van der Waals surface area contributed by atoms with Crippen LogP contribution < -0.4 is 5.32 Å². The molecule has 3 rings (SSSR count). The molecule has 2 aliphatic heterocycles. The predicted molar refractivity (Wildman–Crippen MR) is 91.3 cm³/mol. The molecule has 3 heterocycles. The van der Waals surface area contributed by atoms with E-state index in [-0.39, 0.29) is 34.7 Å². The number of nitrogens with zero attached hydrogens (tertiary/aromatic N) is 2. The molecule has 1 N–H and O–H groups in total. The molecule has 1 aromatic heterocycles. The van der Waals surface area contributed by atoms with E-state index in [4.69, 9.17) is 0 Å². The van der Waals surface area contributed by atoms with Gasteiger partial charge in [-0.1, -0.05) is 0 Å². The number of alkyl halides is 2. The molecule has 144 valence electrons. The number of aromatic nitrogens is 1. The van der Waals surface area contributed by atoms with Gasteiger partial charge < -0.3 is 10.2 Å². The highest BCUT2D eigenvalue weighted by Gasteiger charge is 2.45. The molecular formula is C15H19F2N3O4S2. The molecule has 0 bridgehead atoms. The van der Waals surface area contributed by atoms with Crippen molar-refractivity contribution in [2.75, 3.05) is 18.1 Å². The van der Waals surface area contributed by atoms with Gasteiger partial charge in [-0.2, -0.15) is 0 Å². The number of amides is 2. The van der Waals surface area contributed by atoms with Crippen molar-refractivity contribution in [3.05, 3.63) is 16.1 Å². The zero-order chi connectivity index (χ0) is 19.1. The van der Waals surface area contributed by atoms with Crippen molar-refractivity contribution < 1.29 is 26.8 Å². The van der Waals surface area contributed by atoms with E-state index in [1.165, 1.54) is 5.38 Å². The van der Waals surface area contributed by atoms with E-state index < -0.39 is 40.2 Å². The topological polar surface area (TPSA) is 96.4 Å². The van der Waals surface area contributed by atoms with Crippen LogP contribution in [0.25, 0.3) is 0 Å². The van der Waals surface area contributed by atoms with Crippen LogP contribution in [-0.4, -0.2) is 66.2 Å². The van der Waals surface area contributed by atoms with Crippen LogP contribution in [-0.2, 0) is 9.84 Å². The lowest BCUT2D eigenvalue weighted by atomic mass is 10.1. The van der Waals surface area contributed by atoms with E-state index in [0.717, 1.165) is 16.2 Å². The molecule has 2 aliphatic rings. The van der Waals surface area contributed by atoms with Gasteiger partial charge in [0.05, 0.1) is 18.1 Å². The Kier molecular flexibility index (Phi) is 5.04. The van der Waals surface area contributed by atoms with Gasteiger partial charge in [-0.15, -0.1) is 11.3 Å². The van der Waals surface area contributed by atoms with Crippen LogP contribution >= 0.6 is 11.3 Å². The second kappa shape index (κ2) is 6.84. The molecule has 0 unspecified atom stereocenters. The van der Waals surface area contributed by atoms with E-state index in [1.54, 1.807) is 6.92 Å². The molecule has 1 atom stereocenters. The minimum absolute atomic E-state index is 0.0284. The summed E-state index contributed by atoms with van der Waals surface area (Å²) < 4.78 is 49.7. The summed E-state index contributed by atoms with van der Waals surface area (Å²) in [5, 5.41) is 4.15. The molecule has 1 aromatic rings. The van der Waals surface area contributed by atoms with Gasteiger partial charge in [0, 0.05) is 23.9 Å². The third kappa shape index (κ3) is 4.20. The number of nitrogens with one attached hydrogen (secondary N) is 1. The van der Waals surface area contributed by atoms with Crippen LogP contribution in [0.2, 0.25) is 0 Å². The van der Waals surface area contributed by atoms with Crippen molar-refractivity contribution in [3.63, 3.8) is 0 Å². The summed E-state index contributed by atoms with van der Waals surface area (Å²) in [5.74, 6) is -3.96. The number of rotatable bonds is 3. The molecule has 0 aromatic carbocycles. The largest absolute Gasteiger partial charge is 0.347 e. The summed E-state index contributed by atoms with van der Waals surface area (Å²) in [7, 11) is -3.02. The molecule has 7 nitrogen and oxygen atoms in total. The van der Waals surface area contributed by atoms with Crippen LogP contribution in [0.1, 0.15) is 46.5 Å². The van der Waals surface area contributed by atoms with Gasteiger partial charge in [-0.05, 0) is 19.8 Å². The number of thiazole rings is 1. The summed E-state index contributed by atoms with van der Waals surface area (Å²) in [6, 6.07) is -0.855. The molecule has 0 radical (unpaired) electrons. The second-order valence-corrected chi connectivity index (χ2v) is 9.94. The lowest BCUT2D eigenvalue weighted by Crippen LogP contribution is -2.41.